The zero-order chi connectivity index (χ0) is 64.7. The van der Waals surface area contributed by atoms with E-state index in [1.807, 2.05) is 21.1 Å². The van der Waals surface area contributed by atoms with Crippen molar-refractivity contribution in [2.45, 2.75) is 309 Å². The Morgan fingerprint density at radius 2 is 0.607 bits per heavy atom. The topological polar surface area (TPSA) is 108 Å². The summed E-state index contributed by atoms with van der Waals surface area (Å²) in [5.41, 5.74) is 0. The summed E-state index contributed by atoms with van der Waals surface area (Å²) in [6, 6.07) is 0. The second-order valence-electron chi connectivity index (χ2n) is 25.1. The summed E-state index contributed by atoms with van der Waals surface area (Å²) in [7, 11) is 5.98. The fraction of sp³-hybridized carbons (Fsp3) is 0.688. The molecule has 2 unspecified atom stereocenters. The molecule has 0 aliphatic carbocycles. The highest BCUT2D eigenvalue weighted by Crippen LogP contribution is 2.17. The Balaban J connectivity index is 4.11. The van der Waals surface area contributed by atoms with Crippen molar-refractivity contribution in [1.29, 1.82) is 0 Å². The van der Waals surface area contributed by atoms with Crippen LogP contribution in [0.25, 0.3) is 0 Å². The lowest BCUT2D eigenvalue weighted by Gasteiger charge is -2.25. The van der Waals surface area contributed by atoms with Crippen LogP contribution in [-0.2, 0) is 33.3 Å². The van der Waals surface area contributed by atoms with Crippen LogP contribution in [0.3, 0.4) is 0 Å². The summed E-state index contributed by atoms with van der Waals surface area (Å²) in [5, 5.41) is 9.76. The van der Waals surface area contributed by atoms with Crippen LogP contribution in [0.4, 0.5) is 0 Å². The third-order valence-corrected chi connectivity index (χ3v) is 15.4. The number of allylic oxidation sites excluding steroid dienone is 22. The van der Waals surface area contributed by atoms with Gasteiger partial charge in [-0.15, -0.1) is 0 Å². The van der Waals surface area contributed by atoms with Crippen molar-refractivity contribution < 1.29 is 42.9 Å². The molecule has 0 fully saturated rings. The van der Waals surface area contributed by atoms with Gasteiger partial charge in [0.2, 0.25) is 0 Å². The van der Waals surface area contributed by atoms with Crippen LogP contribution < -0.4 is 0 Å². The number of carbonyl (C=O) groups is 3. The average molecular weight is 1240 g/mol. The van der Waals surface area contributed by atoms with Crippen molar-refractivity contribution in [3.8, 4) is 0 Å². The van der Waals surface area contributed by atoms with E-state index in [2.05, 4.69) is 148 Å². The van der Waals surface area contributed by atoms with Gasteiger partial charge >= 0.3 is 17.9 Å². The number of hydrogen-bond acceptors (Lipinski definition) is 7. The largest absolute Gasteiger partial charge is 0.477 e. The quantitative estimate of drug-likeness (QED) is 0.0211. The van der Waals surface area contributed by atoms with E-state index in [4.69, 9.17) is 18.9 Å². The van der Waals surface area contributed by atoms with E-state index in [0.717, 1.165) is 109 Å². The highest BCUT2D eigenvalue weighted by Gasteiger charge is 2.25. The van der Waals surface area contributed by atoms with Gasteiger partial charge in [0, 0.05) is 12.8 Å². The third-order valence-electron chi connectivity index (χ3n) is 15.4. The Labute approximate surface area is 548 Å². The molecule has 0 aromatic rings. The molecule has 0 spiro atoms. The molecule has 0 aromatic heterocycles. The van der Waals surface area contributed by atoms with Crippen LogP contribution >= 0.6 is 0 Å². The van der Waals surface area contributed by atoms with Gasteiger partial charge in [0.25, 0.3) is 6.29 Å². The standard InChI is InChI=1S/C80H135NO8/c1-6-8-10-12-14-16-18-20-22-24-26-28-30-32-34-36-37-38-39-40-41-43-45-47-49-51-53-55-57-59-61-63-65-67-69-71-78(83)89-76(75-88-80(79(84)85)86-73-72-81(3,4)5)74-87-77(82)70-68-66-64-62-60-58-56-54-52-50-48-46-44-42-35-33-31-29-27-25-23-21-19-17-15-13-11-9-7-2/h8-11,14-17,20-23,26-29,32,34,37-38,40-41,76,80H,6-7,12-13,18-19,24-25,30-31,33,35-36,39,42-75H2,1-5H3/p+1/b10-8-,11-9-,16-14-,17-15-,22-20-,23-21-,28-26-,29-27-,34-32-,38-37-,41-40-. The fourth-order valence-corrected chi connectivity index (χ4v) is 9.93. The van der Waals surface area contributed by atoms with Crippen molar-refractivity contribution in [2.75, 3.05) is 47.5 Å². The van der Waals surface area contributed by atoms with E-state index in [1.165, 1.54) is 154 Å². The number of nitrogens with zero attached hydrogens (tertiary/aromatic N) is 1. The Kier molecular flexibility index (Phi) is 65.8. The number of aliphatic carboxylic acids is 1. The number of carboxylic acid groups (broad SMARTS) is 1. The number of ether oxygens (including phenoxy) is 4. The maximum Gasteiger partial charge on any atom is 0.361 e. The van der Waals surface area contributed by atoms with E-state index < -0.39 is 24.3 Å². The molecule has 0 saturated heterocycles. The fourth-order valence-electron chi connectivity index (χ4n) is 9.93. The summed E-state index contributed by atoms with van der Waals surface area (Å²) >= 11 is 0. The maximum absolute atomic E-state index is 13.0. The van der Waals surface area contributed by atoms with Crippen molar-refractivity contribution in [3.05, 3.63) is 134 Å². The monoisotopic (exact) mass is 1240 g/mol. The molecule has 89 heavy (non-hydrogen) atoms. The maximum atomic E-state index is 13.0. The Morgan fingerprint density at radius 3 is 0.899 bits per heavy atom. The van der Waals surface area contributed by atoms with Crippen LogP contribution in [0.5, 0.6) is 0 Å². The number of rotatable bonds is 66. The van der Waals surface area contributed by atoms with Crippen molar-refractivity contribution >= 4 is 17.9 Å². The van der Waals surface area contributed by atoms with Crippen molar-refractivity contribution in [2.24, 2.45) is 0 Å². The van der Waals surface area contributed by atoms with Crippen LogP contribution in [0.15, 0.2) is 134 Å². The lowest BCUT2D eigenvalue weighted by atomic mass is 10.0. The second kappa shape index (κ2) is 69.3. The molecule has 0 radical (unpaired) electrons. The van der Waals surface area contributed by atoms with E-state index in [1.54, 1.807) is 0 Å². The van der Waals surface area contributed by atoms with Crippen LogP contribution in [0, 0.1) is 0 Å². The lowest BCUT2D eigenvalue weighted by molar-refractivity contribution is -0.870. The minimum absolute atomic E-state index is 0.183. The molecule has 508 valence electrons. The number of likely N-dealkylation sites (N-methyl/N-ethyl adjacent to an activating group) is 1. The number of hydrogen-bond donors (Lipinski definition) is 1. The first-order chi connectivity index (χ1) is 43.6. The van der Waals surface area contributed by atoms with E-state index in [0.29, 0.717) is 23.9 Å². The molecule has 1 N–H and O–H groups in total. The normalized spacial score (nSPS) is 13.5. The Hall–Kier alpha value is -4.57. The molecule has 0 amide bonds. The molecule has 9 nitrogen and oxygen atoms in total. The van der Waals surface area contributed by atoms with Gasteiger partial charge in [0.1, 0.15) is 13.2 Å². The molecule has 0 aliphatic heterocycles. The third kappa shape index (κ3) is 70.7. The minimum atomic E-state index is -1.52. The second-order valence-corrected chi connectivity index (χ2v) is 25.1. The minimum Gasteiger partial charge on any atom is -0.477 e. The molecule has 0 aliphatic rings. The number of carboxylic acids is 1. The molecular weight excluding hydrogens is 1100 g/mol. The first-order valence-corrected chi connectivity index (χ1v) is 36.3. The molecular formula is C80H136NO8+. The molecule has 0 bridgehead atoms. The van der Waals surface area contributed by atoms with Crippen LogP contribution in [-0.4, -0.2) is 87.4 Å². The van der Waals surface area contributed by atoms with Gasteiger partial charge in [-0.2, -0.15) is 0 Å². The van der Waals surface area contributed by atoms with Crippen molar-refractivity contribution in [3.63, 3.8) is 0 Å². The number of quaternary nitrogens is 1. The molecule has 0 saturated carbocycles. The van der Waals surface area contributed by atoms with Gasteiger partial charge in [0.05, 0.1) is 34.4 Å². The highest BCUT2D eigenvalue weighted by molar-refractivity contribution is 5.71. The summed E-state index contributed by atoms with van der Waals surface area (Å²) in [5.74, 6) is -2.00. The smallest absolute Gasteiger partial charge is 0.361 e. The highest BCUT2D eigenvalue weighted by atomic mass is 16.7. The van der Waals surface area contributed by atoms with Crippen LogP contribution in [0.2, 0.25) is 0 Å². The van der Waals surface area contributed by atoms with Gasteiger partial charge in [-0.1, -0.05) is 308 Å². The summed E-state index contributed by atoms with van der Waals surface area (Å²) in [6.07, 6.45) is 97.1. The van der Waals surface area contributed by atoms with Gasteiger partial charge in [-0.25, -0.2) is 4.79 Å². The van der Waals surface area contributed by atoms with E-state index in [-0.39, 0.29) is 32.2 Å². The zero-order valence-corrected chi connectivity index (χ0v) is 58.0. The first kappa shape index (κ1) is 84.4. The number of unbranched alkanes of at least 4 members (excludes halogenated alkanes) is 29. The SMILES string of the molecule is CC/C=C\C/C=C\C/C=C\C/C=C\C/C=C\C/C=C\C/C=C\CCCCCCCCCCCCCCCC(=O)OC(COC(=O)CCCCCCCCCCCCCCCCCC/C=C\C/C=C\C/C=C\C/C=C\CC)COC(OCC[N+](C)(C)C)C(=O)O. The summed E-state index contributed by atoms with van der Waals surface area (Å²) < 4.78 is 23.0. The van der Waals surface area contributed by atoms with Gasteiger partial charge in [-0.05, 0) is 109 Å². The zero-order valence-electron chi connectivity index (χ0n) is 58.0. The molecule has 9 heteroatoms. The average Bonchev–Trinajstić information content (AvgIpc) is 3.64. The lowest BCUT2D eigenvalue weighted by Crippen LogP contribution is -2.40. The Morgan fingerprint density at radius 1 is 0.337 bits per heavy atom. The van der Waals surface area contributed by atoms with Gasteiger partial charge in [0.15, 0.2) is 6.10 Å². The first-order valence-electron chi connectivity index (χ1n) is 36.3. The predicted octanol–water partition coefficient (Wildman–Crippen LogP) is 22.9. The van der Waals surface area contributed by atoms with Crippen molar-refractivity contribution in [1.82, 2.24) is 0 Å². The van der Waals surface area contributed by atoms with Gasteiger partial charge in [-0.3, -0.25) is 9.59 Å². The summed E-state index contributed by atoms with van der Waals surface area (Å²) in [6.45, 7) is 4.67. The summed E-state index contributed by atoms with van der Waals surface area (Å²) in [4.78, 5) is 37.7. The molecule has 0 aromatic carbocycles. The van der Waals surface area contributed by atoms with Gasteiger partial charge < -0.3 is 28.5 Å². The molecule has 0 rings (SSSR count). The predicted molar refractivity (Wildman–Crippen MR) is 382 cm³/mol. The van der Waals surface area contributed by atoms with E-state index in [9.17, 15) is 19.5 Å². The number of carbonyl (C=O) groups excluding carboxylic acids is 2. The molecule has 0 heterocycles. The van der Waals surface area contributed by atoms with E-state index >= 15 is 0 Å². The Bertz CT molecular complexity index is 1930. The molecule has 2 atom stereocenters. The number of esters is 2. The van der Waals surface area contributed by atoms with Crippen LogP contribution in [0.1, 0.15) is 296 Å².